The van der Waals surface area contributed by atoms with E-state index in [9.17, 15) is 13.2 Å². The molecule has 0 radical (unpaired) electrons. The van der Waals surface area contributed by atoms with Gasteiger partial charge in [-0.3, -0.25) is 0 Å². The standard InChI is InChI=1S/C12H11F3O/c1-2-11(16)8-5-9-3-6-10(7-4-9)12(13,14)15/h3-4,6-7,11,16H,2H2,1H3/t11-/m0/s1. The number of aliphatic hydroxyl groups excluding tert-OH is 1. The lowest BCUT2D eigenvalue weighted by Crippen LogP contribution is -2.04. The first-order valence-corrected chi connectivity index (χ1v) is 4.80. The van der Waals surface area contributed by atoms with Crippen LogP contribution in [0.3, 0.4) is 0 Å². The molecule has 0 aliphatic carbocycles. The zero-order valence-corrected chi connectivity index (χ0v) is 8.67. The Morgan fingerprint density at radius 1 is 1.25 bits per heavy atom. The van der Waals surface area contributed by atoms with E-state index in [-0.39, 0.29) is 0 Å². The Morgan fingerprint density at radius 3 is 2.25 bits per heavy atom. The van der Waals surface area contributed by atoms with Gasteiger partial charge in [0.2, 0.25) is 0 Å². The molecule has 0 aliphatic heterocycles. The average Bonchev–Trinajstić information content (AvgIpc) is 2.25. The van der Waals surface area contributed by atoms with Crippen LogP contribution in [0, 0.1) is 11.8 Å². The molecule has 1 atom stereocenters. The Balaban J connectivity index is 2.83. The SMILES string of the molecule is CC[C@H](O)C#Cc1ccc(C(F)(F)F)cc1. The van der Waals surface area contributed by atoms with Crippen molar-refractivity contribution in [2.24, 2.45) is 0 Å². The van der Waals surface area contributed by atoms with Gasteiger partial charge in [-0.05, 0) is 30.7 Å². The molecule has 0 aliphatic rings. The molecule has 0 aromatic heterocycles. The van der Waals surface area contributed by atoms with Crippen molar-refractivity contribution in [2.75, 3.05) is 0 Å². The van der Waals surface area contributed by atoms with Crippen molar-refractivity contribution in [3.63, 3.8) is 0 Å². The van der Waals surface area contributed by atoms with Gasteiger partial charge in [-0.25, -0.2) is 0 Å². The van der Waals surface area contributed by atoms with Gasteiger partial charge in [0.05, 0.1) is 5.56 Å². The molecule has 0 saturated carbocycles. The van der Waals surface area contributed by atoms with Crippen LogP contribution in [0.25, 0.3) is 0 Å². The summed E-state index contributed by atoms with van der Waals surface area (Å²) in [5.41, 5.74) is -0.241. The van der Waals surface area contributed by atoms with Crippen molar-refractivity contribution < 1.29 is 18.3 Å². The van der Waals surface area contributed by atoms with Gasteiger partial charge in [-0.15, -0.1) is 0 Å². The van der Waals surface area contributed by atoms with Gasteiger partial charge in [0.25, 0.3) is 0 Å². The van der Waals surface area contributed by atoms with Crippen molar-refractivity contribution in [3.8, 4) is 11.8 Å². The lowest BCUT2D eigenvalue weighted by molar-refractivity contribution is -0.137. The summed E-state index contributed by atoms with van der Waals surface area (Å²) < 4.78 is 36.6. The molecule has 1 aromatic rings. The van der Waals surface area contributed by atoms with E-state index in [1.54, 1.807) is 6.92 Å². The molecule has 0 amide bonds. The Labute approximate surface area is 91.9 Å². The summed E-state index contributed by atoms with van der Waals surface area (Å²) in [6.45, 7) is 1.77. The van der Waals surface area contributed by atoms with Crippen molar-refractivity contribution in [3.05, 3.63) is 35.4 Å². The van der Waals surface area contributed by atoms with E-state index >= 15 is 0 Å². The molecule has 1 N–H and O–H groups in total. The van der Waals surface area contributed by atoms with Crippen LogP contribution in [0.4, 0.5) is 13.2 Å². The highest BCUT2D eigenvalue weighted by atomic mass is 19.4. The molecule has 0 fully saturated rings. The molecule has 1 aromatic carbocycles. The summed E-state index contributed by atoms with van der Waals surface area (Å²) in [5, 5.41) is 9.15. The van der Waals surface area contributed by atoms with Gasteiger partial charge in [-0.1, -0.05) is 18.8 Å². The number of benzene rings is 1. The molecule has 4 heteroatoms. The summed E-state index contributed by atoms with van der Waals surface area (Å²) in [5.74, 6) is 5.14. The van der Waals surface area contributed by atoms with Crippen LogP contribution in [0.15, 0.2) is 24.3 Å². The Kier molecular flexibility index (Phi) is 3.97. The van der Waals surface area contributed by atoms with E-state index in [0.717, 1.165) is 12.1 Å². The molecule has 1 rings (SSSR count). The average molecular weight is 228 g/mol. The topological polar surface area (TPSA) is 20.2 Å². The number of hydrogen-bond acceptors (Lipinski definition) is 1. The number of rotatable bonds is 1. The smallest absolute Gasteiger partial charge is 0.380 e. The van der Waals surface area contributed by atoms with E-state index < -0.39 is 17.8 Å². The zero-order chi connectivity index (χ0) is 12.2. The number of aliphatic hydroxyl groups is 1. The predicted octanol–water partition coefficient (Wildman–Crippen LogP) is 2.83. The van der Waals surface area contributed by atoms with Gasteiger partial charge in [-0.2, -0.15) is 13.2 Å². The second-order valence-electron chi connectivity index (χ2n) is 3.27. The Hall–Kier alpha value is -1.47. The second-order valence-corrected chi connectivity index (χ2v) is 3.27. The fraction of sp³-hybridized carbons (Fsp3) is 0.333. The van der Waals surface area contributed by atoms with Crippen LogP contribution in [0.2, 0.25) is 0 Å². The minimum absolute atomic E-state index is 0.459. The third-order valence-corrected chi connectivity index (χ3v) is 1.98. The van der Waals surface area contributed by atoms with E-state index in [2.05, 4.69) is 11.8 Å². The molecule has 16 heavy (non-hydrogen) atoms. The highest BCUT2D eigenvalue weighted by molar-refractivity contribution is 5.37. The van der Waals surface area contributed by atoms with Crippen LogP contribution in [0.5, 0.6) is 0 Å². The molecule has 0 heterocycles. The zero-order valence-electron chi connectivity index (χ0n) is 8.67. The van der Waals surface area contributed by atoms with Crippen molar-refractivity contribution in [2.45, 2.75) is 25.6 Å². The maximum absolute atomic E-state index is 12.2. The predicted molar refractivity (Wildman–Crippen MR) is 54.6 cm³/mol. The summed E-state index contributed by atoms with van der Waals surface area (Å²) in [7, 11) is 0. The normalized spacial score (nSPS) is 12.8. The van der Waals surface area contributed by atoms with E-state index in [1.807, 2.05) is 0 Å². The fourth-order valence-electron chi connectivity index (χ4n) is 1.01. The lowest BCUT2D eigenvalue weighted by Gasteiger charge is -2.05. The second kappa shape index (κ2) is 5.04. The molecule has 0 bridgehead atoms. The first-order valence-electron chi connectivity index (χ1n) is 4.80. The summed E-state index contributed by atoms with van der Waals surface area (Å²) in [6, 6.07) is 4.53. The van der Waals surface area contributed by atoms with Gasteiger partial charge >= 0.3 is 6.18 Å². The number of halogens is 3. The third kappa shape index (κ3) is 3.59. The quantitative estimate of drug-likeness (QED) is 0.733. The maximum atomic E-state index is 12.2. The number of alkyl halides is 3. The highest BCUT2D eigenvalue weighted by Crippen LogP contribution is 2.28. The lowest BCUT2D eigenvalue weighted by atomic mass is 10.1. The molecule has 0 spiro atoms. The van der Waals surface area contributed by atoms with Crippen LogP contribution >= 0.6 is 0 Å². The first-order chi connectivity index (χ1) is 7.43. The van der Waals surface area contributed by atoms with Crippen LogP contribution < -0.4 is 0 Å². The molecule has 0 saturated heterocycles. The monoisotopic (exact) mass is 228 g/mol. The third-order valence-electron chi connectivity index (χ3n) is 1.98. The largest absolute Gasteiger partial charge is 0.416 e. The van der Waals surface area contributed by atoms with Gasteiger partial charge in [0, 0.05) is 5.56 Å². The van der Waals surface area contributed by atoms with Crippen LogP contribution in [0.1, 0.15) is 24.5 Å². The number of hydrogen-bond donors (Lipinski definition) is 1. The highest BCUT2D eigenvalue weighted by Gasteiger charge is 2.29. The summed E-state index contributed by atoms with van der Waals surface area (Å²) >= 11 is 0. The van der Waals surface area contributed by atoms with Crippen molar-refractivity contribution in [1.82, 2.24) is 0 Å². The molecule has 0 unspecified atom stereocenters. The first kappa shape index (κ1) is 12.6. The minimum atomic E-state index is -4.32. The minimum Gasteiger partial charge on any atom is -0.380 e. The Bertz CT molecular complexity index is 395. The molecule has 1 nitrogen and oxygen atoms in total. The van der Waals surface area contributed by atoms with Gasteiger partial charge < -0.3 is 5.11 Å². The molecule has 86 valence electrons. The van der Waals surface area contributed by atoms with E-state index in [4.69, 9.17) is 5.11 Å². The van der Waals surface area contributed by atoms with Crippen LogP contribution in [-0.4, -0.2) is 11.2 Å². The van der Waals surface area contributed by atoms with Crippen LogP contribution in [-0.2, 0) is 6.18 Å². The van der Waals surface area contributed by atoms with Gasteiger partial charge in [0.1, 0.15) is 6.10 Å². The van der Waals surface area contributed by atoms with E-state index in [1.165, 1.54) is 12.1 Å². The van der Waals surface area contributed by atoms with Crippen molar-refractivity contribution in [1.29, 1.82) is 0 Å². The molecular formula is C12H11F3O. The fourth-order valence-corrected chi connectivity index (χ4v) is 1.01. The summed E-state index contributed by atoms with van der Waals surface area (Å²) in [4.78, 5) is 0. The Morgan fingerprint density at radius 2 is 1.81 bits per heavy atom. The van der Waals surface area contributed by atoms with Gasteiger partial charge in [0.15, 0.2) is 0 Å². The maximum Gasteiger partial charge on any atom is 0.416 e. The summed E-state index contributed by atoms with van der Waals surface area (Å²) in [6.07, 6.45) is -4.56. The molecular weight excluding hydrogens is 217 g/mol. The van der Waals surface area contributed by atoms with E-state index in [0.29, 0.717) is 12.0 Å². The van der Waals surface area contributed by atoms with Crippen molar-refractivity contribution >= 4 is 0 Å².